The van der Waals surface area contributed by atoms with E-state index < -0.39 is 0 Å². The molecule has 0 fully saturated rings. The van der Waals surface area contributed by atoms with Crippen LogP contribution in [0.2, 0.25) is 0 Å². The Bertz CT molecular complexity index is 645. The van der Waals surface area contributed by atoms with Crippen LogP contribution in [0.4, 0.5) is 5.82 Å². The van der Waals surface area contributed by atoms with Crippen molar-refractivity contribution in [1.29, 1.82) is 0 Å². The molecule has 2 rings (SSSR count). The molecule has 1 amide bonds. The van der Waals surface area contributed by atoms with E-state index >= 15 is 0 Å². The van der Waals surface area contributed by atoms with Crippen molar-refractivity contribution in [3.05, 3.63) is 58.8 Å². The topological polar surface area (TPSA) is 68.0 Å². The van der Waals surface area contributed by atoms with Gasteiger partial charge in [0, 0.05) is 16.8 Å². The van der Waals surface area contributed by atoms with Gasteiger partial charge in [-0.1, -0.05) is 24.4 Å². The number of aryl methyl sites for hydroxylation is 2. The predicted molar refractivity (Wildman–Crippen MR) is 84.0 cm³/mol. The lowest BCUT2D eigenvalue weighted by Crippen LogP contribution is -2.14. The first kappa shape index (κ1) is 14.1. The van der Waals surface area contributed by atoms with E-state index in [1.54, 1.807) is 24.3 Å². The lowest BCUT2D eigenvalue weighted by Gasteiger charge is -2.07. The third-order valence-electron chi connectivity index (χ3n) is 2.77. The lowest BCUT2D eigenvalue weighted by atomic mass is 10.1. The Morgan fingerprint density at radius 2 is 1.75 bits per heavy atom. The fraction of sp³-hybridized carbons (Fsp3) is 0.133. The molecule has 3 N–H and O–H groups in total. The van der Waals surface area contributed by atoms with Crippen LogP contribution in [0.25, 0.3) is 0 Å². The van der Waals surface area contributed by atoms with Crippen LogP contribution in [0.3, 0.4) is 0 Å². The second-order valence-corrected chi connectivity index (χ2v) is 5.01. The average molecular weight is 285 g/mol. The number of benzene rings is 1. The minimum atomic E-state index is -0.211. The van der Waals surface area contributed by atoms with Gasteiger partial charge in [-0.2, -0.15) is 0 Å². The van der Waals surface area contributed by atoms with Gasteiger partial charge in [0.1, 0.15) is 10.8 Å². The SMILES string of the molecule is Cc1cc(C)nc(NC(=O)c2ccc(C(N)=S)cc2)c1. The standard InChI is InChI=1S/C15H15N3OS/c1-9-7-10(2)17-13(8-9)18-15(19)12-5-3-11(4-6-12)14(16)20/h3-8H,1-2H3,(H2,16,20)(H,17,18,19). The third-order valence-corrected chi connectivity index (χ3v) is 3.01. The summed E-state index contributed by atoms with van der Waals surface area (Å²) in [6, 6.07) is 10.6. The number of thiocarbonyl (C=S) groups is 1. The van der Waals surface area contributed by atoms with Crippen molar-refractivity contribution in [3.63, 3.8) is 0 Å². The molecule has 102 valence electrons. The molecule has 2 aromatic rings. The van der Waals surface area contributed by atoms with Crippen molar-refractivity contribution in [2.24, 2.45) is 5.73 Å². The van der Waals surface area contributed by atoms with Gasteiger partial charge in [0.05, 0.1) is 0 Å². The summed E-state index contributed by atoms with van der Waals surface area (Å²) in [5.41, 5.74) is 8.71. The first-order valence-corrected chi connectivity index (χ1v) is 6.53. The molecule has 0 saturated carbocycles. The normalized spacial score (nSPS) is 10.1. The van der Waals surface area contributed by atoms with Gasteiger partial charge in [0.2, 0.25) is 0 Å². The molecule has 0 aliphatic rings. The van der Waals surface area contributed by atoms with E-state index in [2.05, 4.69) is 10.3 Å². The maximum absolute atomic E-state index is 12.1. The van der Waals surface area contributed by atoms with Gasteiger partial charge in [-0.25, -0.2) is 4.98 Å². The minimum Gasteiger partial charge on any atom is -0.389 e. The Labute approximate surface area is 123 Å². The summed E-state index contributed by atoms with van der Waals surface area (Å²) < 4.78 is 0. The second kappa shape index (κ2) is 5.79. The van der Waals surface area contributed by atoms with E-state index in [0.717, 1.165) is 16.8 Å². The molecular weight excluding hydrogens is 270 g/mol. The van der Waals surface area contributed by atoms with Gasteiger partial charge in [-0.05, 0) is 43.7 Å². The Balaban J connectivity index is 2.17. The molecule has 1 aromatic carbocycles. The zero-order valence-corrected chi connectivity index (χ0v) is 12.1. The minimum absolute atomic E-state index is 0.211. The van der Waals surface area contributed by atoms with Gasteiger partial charge in [0.25, 0.3) is 5.91 Å². The number of anilines is 1. The highest BCUT2D eigenvalue weighted by atomic mass is 32.1. The van der Waals surface area contributed by atoms with E-state index in [4.69, 9.17) is 18.0 Å². The van der Waals surface area contributed by atoms with Crippen LogP contribution >= 0.6 is 12.2 Å². The number of amides is 1. The van der Waals surface area contributed by atoms with Gasteiger partial charge in [-0.15, -0.1) is 0 Å². The fourth-order valence-electron chi connectivity index (χ4n) is 1.88. The Kier molecular flexibility index (Phi) is 4.10. The summed E-state index contributed by atoms with van der Waals surface area (Å²) in [7, 11) is 0. The number of carbonyl (C=O) groups is 1. The molecule has 0 bridgehead atoms. The molecule has 1 aromatic heterocycles. The molecule has 0 aliphatic carbocycles. The zero-order chi connectivity index (χ0) is 14.7. The van der Waals surface area contributed by atoms with E-state index in [1.807, 2.05) is 26.0 Å². The molecule has 5 heteroatoms. The number of hydrogen-bond acceptors (Lipinski definition) is 3. The van der Waals surface area contributed by atoms with Gasteiger partial charge >= 0.3 is 0 Å². The number of rotatable bonds is 3. The number of pyridine rings is 1. The molecule has 0 radical (unpaired) electrons. The van der Waals surface area contributed by atoms with E-state index in [0.29, 0.717) is 16.4 Å². The second-order valence-electron chi connectivity index (χ2n) is 4.57. The van der Waals surface area contributed by atoms with Crippen molar-refractivity contribution >= 4 is 28.9 Å². The maximum Gasteiger partial charge on any atom is 0.256 e. The van der Waals surface area contributed by atoms with Crippen molar-refractivity contribution in [3.8, 4) is 0 Å². The van der Waals surface area contributed by atoms with Crippen LogP contribution in [0.5, 0.6) is 0 Å². The quantitative estimate of drug-likeness (QED) is 0.851. The van der Waals surface area contributed by atoms with Crippen molar-refractivity contribution < 1.29 is 4.79 Å². The van der Waals surface area contributed by atoms with Crippen LogP contribution in [-0.4, -0.2) is 15.9 Å². The summed E-state index contributed by atoms with van der Waals surface area (Å²) in [6.07, 6.45) is 0. The van der Waals surface area contributed by atoms with Crippen LogP contribution in [0.1, 0.15) is 27.2 Å². The smallest absolute Gasteiger partial charge is 0.256 e. The van der Waals surface area contributed by atoms with Crippen LogP contribution in [0, 0.1) is 13.8 Å². The van der Waals surface area contributed by atoms with Crippen molar-refractivity contribution in [2.75, 3.05) is 5.32 Å². The highest BCUT2D eigenvalue weighted by Crippen LogP contribution is 2.11. The molecule has 0 aliphatic heterocycles. The summed E-state index contributed by atoms with van der Waals surface area (Å²) in [5.74, 6) is 0.336. The van der Waals surface area contributed by atoms with Crippen LogP contribution in [0.15, 0.2) is 36.4 Å². The Morgan fingerprint density at radius 3 is 2.30 bits per heavy atom. The molecule has 20 heavy (non-hydrogen) atoms. The molecular formula is C15H15N3OS. The number of nitrogens with zero attached hydrogens (tertiary/aromatic N) is 1. The number of nitrogens with two attached hydrogens (primary N) is 1. The summed E-state index contributed by atoms with van der Waals surface area (Å²) in [5, 5.41) is 2.77. The number of nitrogens with one attached hydrogen (secondary N) is 1. The Hall–Kier alpha value is -2.27. The van der Waals surface area contributed by atoms with E-state index in [-0.39, 0.29) is 5.91 Å². The largest absolute Gasteiger partial charge is 0.389 e. The summed E-state index contributed by atoms with van der Waals surface area (Å²) in [6.45, 7) is 3.85. The summed E-state index contributed by atoms with van der Waals surface area (Å²) in [4.78, 5) is 16.7. The number of aromatic nitrogens is 1. The summed E-state index contributed by atoms with van der Waals surface area (Å²) >= 11 is 4.87. The zero-order valence-electron chi connectivity index (χ0n) is 11.3. The van der Waals surface area contributed by atoms with E-state index in [1.165, 1.54) is 0 Å². The van der Waals surface area contributed by atoms with Crippen molar-refractivity contribution in [2.45, 2.75) is 13.8 Å². The average Bonchev–Trinajstić information content (AvgIpc) is 2.37. The monoisotopic (exact) mass is 285 g/mol. The first-order chi connectivity index (χ1) is 9.45. The fourth-order valence-corrected chi connectivity index (χ4v) is 2.02. The highest BCUT2D eigenvalue weighted by Gasteiger charge is 2.08. The molecule has 4 nitrogen and oxygen atoms in total. The molecule has 0 saturated heterocycles. The van der Waals surface area contributed by atoms with Crippen molar-refractivity contribution in [1.82, 2.24) is 4.98 Å². The van der Waals surface area contributed by atoms with Crippen LogP contribution < -0.4 is 11.1 Å². The number of hydrogen-bond donors (Lipinski definition) is 2. The first-order valence-electron chi connectivity index (χ1n) is 6.12. The lowest BCUT2D eigenvalue weighted by molar-refractivity contribution is 0.102. The van der Waals surface area contributed by atoms with Gasteiger partial charge < -0.3 is 11.1 Å². The molecule has 0 unspecified atom stereocenters. The number of carbonyl (C=O) groups excluding carboxylic acids is 1. The highest BCUT2D eigenvalue weighted by molar-refractivity contribution is 7.80. The van der Waals surface area contributed by atoms with Crippen LogP contribution in [-0.2, 0) is 0 Å². The molecule has 0 spiro atoms. The maximum atomic E-state index is 12.1. The van der Waals surface area contributed by atoms with E-state index in [9.17, 15) is 4.79 Å². The van der Waals surface area contributed by atoms with Gasteiger partial charge in [-0.3, -0.25) is 4.79 Å². The third kappa shape index (κ3) is 3.39. The molecule has 1 heterocycles. The molecule has 0 atom stereocenters. The van der Waals surface area contributed by atoms with Gasteiger partial charge in [0.15, 0.2) is 0 Å². The Morgan fingerprint density at radius 1 is 1.15 bits per heavy atom. The predicted octanol–water partition coefficient (Wildman–Crippen LogP) is 2.58.